The molecule has 0 spiro atoms. The molecule has 1 aliphatic carbocycles. The summed E-state index contributed by atoms with van der Waals surface area (Å²) in [5, 5.41) is 9.79. The fraction of sp³-hybridized carbons (Fsp3) is 0.625. The lowest BCUT2D eigenvalue weighted by atomic mass is 9.89. The molecule has 0 unspecified atom stereocenters. The molecule has 3 heteroatoms. The normalized spacial score (nSPS) is 18.3. The number of rotatable bonds is 4. The van der Waals surface area contributed by atoms with Crippen molar-refractivity contribution in [1.82, 2.24) is 0 Å². The monoisotopic (exact) mass is 265 g/mol. The van der Waals surface area contributed by atoms with E-state index in [9.17, 15) is 9.50 Å². The SMILES string of the molecule is C[C@H](O)c1cccc(F)c1N(C)CC1CCCCC1. The van der Waals surface area contributed by atoms with Crippen LogP contribution in [0, 0.1) is 11.7 Å². The van der Waals surface area contributed by atoms with Gasteiger partial charge in [0.25, 0.3) is 0 Å². The van der Waals surface area contributed by atoms with Crippen LogP contribution in [0.25, 0.3) is 0 Å². The molecular weight excluding hydrogens is 241 g/mol. The molecule has 0 bridgehead atoms. The molecule has 1 aromatic rings. The van der Waals surface area contributed by atoms with Crippen molar-refractivity contribution < 1.29 is 9.50 Å². The molecule has 106 valence electrons. The maximum absolute atomic E-state index is 14.1. The fourth-order valence-electron chi connectivity index (χ4n) is 3.12. The van der Waals surface area contributed by atoms with Gasteiger partial charge in [0.1, 0.15) is 5.82 Å². The van der Waals surface area contributed by atoms with E-state index in [1.807, 2.05) is 11.9 Å². The summed E-state index contributed by atoms with van der Waals surface area (Å²) in [6, 6.07) is 4.94. The summed E-state index contributed by atoms with van der Waals surface area (Å²) in [5.41, 5.74) is 1.24. The molecule has 1 aromatic carbocycles. The zero-order chi connectivity index (χ0) is 13.8. The Morgan fingerprint density at radius 1 is 1.32 bits per heavy atom. The number of hydrogen-bond donors (Lipinski definition) is 1. The number of aliphatic hydroxyl groups excluding tert-OH is 1. The standard InChI is InChI=1S/C16H24FNO/c1-12(19)14-9-6-10-15(17)16(14)18(2)11-13-7-4-3-5-8-13/h6,9-10,12-13,19H,3-5,7-8,11H2,1-2H3/t12-/m0/s1. The highest BCUT2D eigenvalue weighted by atomic mass is 19.1. The molecule has 2 rings (SSSR count). The smallest absolute Gasteiger partial charge is 0.146 e. The van der Waals surface area contributed by atoms with Gasteiger partial charge in [-0.25, -0.2) is 4.39 Å². The number of hydrogen-bond acceptors (Lipinski definition) is 2. The summed E-state index contributed by atoms with van der Waals surface area (Å²) < 4.78 is 14.1. The maximum Gasteiger partial charge on any atom is 0.146 e. The van der Waals surface area contributed by atoms with E-state index >= 15 is 0 Å². The topological polar surface area (TPSA) is 23.5 Å². The predicted molar refractivity (Wildman–Crippen MR) is 76.9 cm³/mol. The number of anilines is 1. The largest absolute Gasteiger partial charge is 0.389 e. The number of aliphatic hydroxyl groups is 1. The summed E-state index contributed by atoms with van der Waals surface area (Å²) in [6.45, 7) is 2.56. The van der Waals surface area contributed by atoms with Crippen LogP contribution >= 0.6 is 0 Å². The van der Waals surface area contributed by atoms with E-state index in [-0.39, 0.29) is 5.82 Å². The van der Waals surface area contributed by atoms with Crippen molar-refractivity contribution >= 4 is 5.69 Å². The Balaban J connectivity index is 2.15. The lowest BCUT2D eigenvalue weighted by Gasteiger charge is -2.30. The second-order valence-corrected chi connectivity index (χ2v) is 5.74. The van der Waals surface area contributed by atoms with E-state index in [0.29, 0.717) is 17.2 Å². The molecule has 1 N–H and O–H groups in total. The lowest BCUT2D eigenvalue weighted by Crippen LogP contribution is -2.28. The molecule has 1 atom stereocenters. The van der Waals surface area contributed by atoms with Crippen LogP contribution in [0.2, 0.25) is 0 Å². The summed E-state index contributed by atoms with van der Waals surface area (Å²) in [4.78, 5) is 1.98. The van der Waals surface area contributed by atoms with Crippen LogP contribution < -0.4 is 4.90 Å². The highest BCUT2D eigenvalue weighted by molar-refractivity contribution is 5.55. The molecule has 0 amide bonds. The molecule has 0 radical (unpaired) electrons. The van der Waals surface area contributed by atoms with Crippen LogP contribution in [0.5, 0.6) is 0 Å². The fourth-order valence-corrected chi connectivity index (χ4v) is 3.12. The Labute approximate surface area is 115 Å². The van der Waals surface area contributed by atoms with E-state index in [0.717, 1.165) is 6.54 Å². The minimum absolute atomic E-state index is 0.239. The predicted octanol–water partition coefficient (Wildman–Crippen LogP) is 3.90. The van der Waals surface area contributed by atoms with Gasteiger partial charge in [-0.05, 0) is 31.7 Å². The van der Waals surface area contributed by atoms with E-state index in [1.165, 1.54) is 38.2 Å². The summed E-state index contributed by atoms with van der Waals surface area (Å²) in [7, 11) is 1.93. The van der Waals surface area contributed by atoms with Crippen LogP contribution in [0.3, 0.4) is 0 Å². The lowest BCUT2D eigenvalue weighted by molar-refractivity contribution is 0.199. The minimum Gasteiger partial charge on any atom is -0.389 e. The zero-order valence-electron chi connectivity index (χ0n) is 11.9. The first kappa shape index (κ1) is 14.3. The average molecular weight is 265 g/mol. The molecule has 1 fully saturated rings. The van der Waals surface area contributed by atoms with E-state index in [2.05, 4.69) is 0 Å². The average Bonchev–Trinajstić information content (AvgIpc) is 2.39. The molecule has 0 aliphatic heterocycles. The Hall–Kier alpha value is -1.09. The van der Waals surface area contributed by atoms with Gasteiger partial charge < -0.3 is 10.0 Å². The van der Waals surface area contributed by atoms with Gasteiger partial charge in [0.15, 0.2) is 0 Å². The van der Waals surface area contributed by atoms with Crippen LogP contribution in [0.4, 0.5) is 10.1 Å². The van der Waals surface area contributed by atoms with Gasteiger partial charge in [-0.3, -0.25) is 0 Å². The van der Waals surface area contributed by atoms with Crippen molar-refractivity contribution in [3.05, 3.63) is 29.6 Å². The number of halogens is 1. The van der Waals surface area contributed by atoms with Crippen molar-refractivity contribution in [2.75, 3.05) is 18.5 Å². The molecule has 2 nitrogen and oxygen atoms in total. The highest BCUT2D eigenvalue weighted by Gasteiger charge is 2.20. The van der Waals surface area contributed by atoms with E-state index < -0.39 is 6.10 Å². The molecule has 19 heavy (non-hydrogen) atoms. The van der Waals surface area contributed by atoms with Gasteiger partial charge in [0, 0.05) is 19.2 Å². The molecular formula is C16H24FNO. The molecule has 0 aromatic heterocycles. The van der Waals surface area contributed by atoms with E-state index in [4.69, 9.17) is 0 Å². The quantitative estimate of drug-likeness (QED) is 0.892. The Kier molecular flexibility index (Phi) is 4.81. The van der Waals surface area contributed by atoms with Crippen molar-refractivity contribution in [1.29, 1.82) is 0 Å². The molecule has 0 saturated heterocycles. The molecule has 1 saturated carbocycles. The van der Waals surface area contributed by atoms with Crippen molar-refractivity contribution in [2.45, 2.75) is 45.1 Å². The second-order valence-electron chi connectivity index (χ2n) is 5.74. The third kappa shape index (κ3) is 3.47. The number of nitrogens with zero attached hydrogens (tertiary/aromatic N) is 1. The number of para-hydroxylation sites is 1. The van der Waals surface area contributed by atoms with Gasteiger partial charge in [0.2, 0.25) is 0 Å². The summed E-state index contributed by atoms with van der Waals surface area (Å²) in [6.07, 6.45) is 5.75. The van der Waals surface area contributed by atoms with Crippen LogP contribution in [-0.2, 0) is 0 Å². The van der Waals surface area contributed by atoms with Gasteiger partial charge in [-0.15, -0.1) is 0 Å². The van der Waals surface area contributed by atoms with E-state index in [1.54, 1.807) is 19.1 Å². The summed E-state index contributed by atoms with van der Waals surface area (Å²) >= 11 is 0. The highest BCUT2D eigenvalue weighted by Crippen LogP contribution is 2.31. The van der Waals surface area contributed by atoms with Crippen molar-refractivity contribution in [2.24, 2.45) is 5.92 Å². The van der Waals surface area contributed by atoms with Gasteiger partial charge in [0.05, 0.1) is 11.8 Å². The van der Waals surface area contributed by atoms with Gasteiger partial charge >= 0.3 is 0 Å². The van der Waals surface area contributed by atoms with Gasteiger partial charge in [-0.2, -0.15) is 0 Å². The first-order chi connectivity index (χ1) is 9.09. The second kappa shape index (κ2) is 6.38. The first-order valence-electron chi connectivity index (χ1n) is 7.27. The summed E-state index contributed by atoms with van der Waals surface area (Å²) in [5.74, 6) is 0.414. The molecule has 1 aliphatic rings. The van der Waals surface area contributed by atoms with Crippen LogP contribution in [0.1, 0.15) is 50.7 Å². The van der Waals surface area contributed by atoms with Crippen molar-refractivity contribution in [3.63, 3.8) is 0 Å². The zero-order valence-corrected chi connectivity index (χ0v) is 11.9. The number of benzene rings is 1. The third-order valence-corrected chi connectivity index (χ3v) is 4.11. The maximum atomic E-state index is 14.1. The minimum atomic E-state index is -0.639. The Bertz CT molecular complexity index is 413. The Morgan fingerprint density at radius 3 is 2.63 bits per heavy atom. The van der Waals surface area contributed by atoms with Crippen molar-refractivity contribution in [3.8, 4) is 0 Å². The van der Waals surface area contributed by atoms with Crippen LogP contribution in [-0.4, -0.2) is 18.7 Å². The van der Waals surface area contributed by atoms with Gasteiger partial charge in [-0.1, -0.05) is 31.4 Å². The third-order valence-electron chi connectivity index (χ3n) is 4.11. The molecule has 0 heterocycles. The first-order valence-corrected chi connectivity index (χ1v) is 7.27. The van der Waals surface area contributed by atoms with Crippen LogP contribution in [0.15, 0.2) is 18.2 Å². The Morgan fingerprint density at radius 2 is 2.00 bits per heavy atom.